The van der Waals surface area contributed by atoms with Gasteiger partial charge in [-0.25, -0.2) is 0 Å². The van der Waals surface area contributed by atoms with Gasteiger partial charge in [0.25, 0.3) is 0 Å². The average Bonchev–Trinajstić information content (AvgIpc) is 2.42. The van der Waals surface area contributed by atoms with Crippen LogP contribution in [0, 0.1) is 5.92 Å². The molecule has 1 aromatic rings. The van der Waals surface area contributed by atoms with Gasteiger partial charge in [0.05, 0.1) is 0 Å². The van der Waals surface area contributed by atoms with E-state index in [-0.39, 0.29) is 6.04 Å². The molecule has 0 aliphatic carbocycles. The van der Waals surface area contributed by atoms with Crippen molar-refractivity contribution in [1.29, 1.82) is 0 Å². The number of benzene rings is 1. The summed E-state index contributed by atoms with van der Waals surface area (Å²) in [6.07, 6.45) is 6.71. The Morgan fingerprint density at radius 3 is 2.37 bits per heavy atom. The van der Waals surface area contributed by atoms with E-state index in [2.05, 4.69) is 31.3 Å². The maximum atomic E-state index is 6.13. The van der Waals surface area contributed by atoms with Crippen LogP contribution in [0.3, 0.4) is 0 Å². The summed E-state index contributed by atoms with van der Waals surface area (Å²) < 4.78 is 0. The highest BCUT2D eigenvalue weighted by Crippen LogP contribution is 2.10. The van der Waals surface area contributed by atoms with Crippen LogP contribution in [-0.2, 0) is 0 Å². The topological polar surface area (TPSA) is 38.0 Å². The van der Waals surface area contributed by atoms with Gasteiger partial charge >= 0.3 is 0 Å². The van der Waals surface area contributed by atoms with Crippen molar-refractivity contribution in [3.05, 3.63) is 35.9 Å². The summed E-state index contributed by atoms with van der Waals surface area (Å²) in [7, 11) is 0. The lowest BCUT2D eigenvalue weighted by Gasteiger charge is -2.13. The third-order valence-electron chi connectivity index (χ3n) is 3.48. The summed E-state index contributed by atoms with van der Waals surface area (Å²) in [4.78, 5) is 0. The van der Waals surface area contributed by atoms with E-state index in [4.69, 9.17) is 5.73 Å². The molecular weight excluding hydrogens is 232 g/mol. The first-order valence-electron chi connectivity index (χ1n) is 7.71. The lowest BCUT2D eigenvalue weighted by Crippen LogP contribution is -2.27. The van der Waals surface area contributed by atoms with Crippen LogP contribution >= 0.6 is 0 Å². The predicted octanol–water partition coefficient (Wildman–Crippen LogP) is 3.88. The van der Waals surface area contributed by atoms with E-state index in [1.54, 1.807) is 0 Å². The van der Waals surface area contributed by atoms with Crippen molar-refractivity contribution < 1.29 is 0 Å². The fourth-order valence-electron chi connectivity index (χ4n) is 2.23. The molecule has 0 heterocycles. The first kappa shape index (κ1) is 16.2. The minimum atomic E-state index is 0.113. The molecule has 3 N–H and O–H groups in total. The van der Waals surface area contributed by atoms with Crippen LogP contribution in [0.5, 0.6) is 0 Å². The first-order valence-corrected chi connectivity index (χ1v) is 7.71. The van der Waals surface area contributed by atoms with Crippen molar-refractivity contribution in [2.24, 2.45) is 11.7 Å². The molecule has 0 saturated carbocycles. The number of nitrogens with one attached hydrogen (secondary N) is 1. The van der Waals surface area contributed by atoms with Gasteiger partial charge in [0, 0.05) is 12.6 Å². The second-order valence-corrected chi connectivity index (χ2v) is 5.82. The Morgan fingerprint density at radius 2 is 1.68 bits per heavy atom. The fourth-order valence-corrected chi connectivity index (χ4v) is 2.23. The molecule has 0 radical (unpaired) electrons. The molecule has 1 unspecified atom stereocenters. The molecule has 0 aromatic heterocycles. The molecule has 0 aliphatic heterocycles. The Kier molecular flexibility index (Phi) is 8.52. The molecule has 0 aliphatic rings. The third-order valence-corrected chi connectivity index (χ3v) is 3.48. The van der Waals surface area contributed by atoms with Gasteiger partial charge in [-0.05, 0) is 24.4 Å². The first-order chi connectivity index (χ1) is 9.20. The van der Waals surface area contributed by atoms with E-state index in [9.17, 15) is 0 Å². The molecule has 2 heteroatoms. The van der Waals surface area contributed by atoms with E-state index in [0.29, 0.717) is 0 Å². The molecule has 19 heavy (non-hydrogen) atoms. The molecule has 1 rings (SSSR count). The SMILES string of the molecule is CC(C)CCCCCCNCC(N)c1ccccc1. The van der Waals surface area contributed by atoms with E-state index >= 15 is 0 Å². The van der Waals surface area contributed by atoms with Crippen molar-refractivity contribution >= 4 is 0 Å². The van der Waals surface area contributed by atoms with Crippen molar-refractivity contribution in [2.75, 3.05) is 13.1 Å². The van der Waals surface area contributed by atoms with E-state index < -0.39 is 0 Å². The maximum Gasteiger partial charge on any atom is 0.0421 e. The van der Waals surface area contributed by atoms with Crippen LogP contribution in [0.4, 0.5) is 0 Å². The van der Waals surface area contributed by atoms with Crippen molar-refractivity contribution in [2.45, 2.75) is 52.0 Å². The maximum absolute atomic E-state index is 6.13. The Bertz CT molecular complexity index is 308. The van der Waals surface area contributed by atoms with Crippen LogP contribution < -0.4 is 11.1 Å². The Balaban J connectivity index is 1.96. The Morgan fingerprint density at radius 1 is 1.00 bits per heavy atom. The molecule has 0 fully saturated rings. The quantitative estimate of drug-likeness (QED) is 0.628. The largest absolute Gasteiger partial charge is 0.323 e. The van der Waals surface area contributed by atoms with Crippen LogP contribution in [0.25, 0.3) is 0 Å². The van der Waals surface area contributed by atoms with Crippen molar-refractivity contribution in [3.8, 4) is 0 Å². The Labute approximate surface area is 118 Å². The molecule has 1 aromatic carbocycles. The fraction of sp³-hybridized carbons (Fsp3) is 0.647. The monoisotopic (exact) mass is 262 g/mol. The van der Waals surface area contributed by atoms with Gasteiger partial charge in [0.15, 0.2) is 0 Å². The lowest BCUT2D eigenvalue weighted by atomic mass is 10.0. The van der Waals surface area contributed by atoms with Gasteiger partial charge < -0.3 is 11.1 Å². The number of rotatable bonds is 10. The van der Waals surface area contributed by atoms with Crippen molar-refractivity contribution in [1.82, 2.24) is 5.32 Å². The molecule has 1 atom stereocenters. The summed E-state index contributed by atoms with van der Waals surface area (Å²) in [5, 5.41) is 3.46. The summed E-state index contributed by atoms with van der Waals surface area (Å²) in [6, 6.07) is 10.4. The van der Waals surface area contributed by atoms with Crippen LogP contribution in [0.2, 0.25) is 0 Å². The molecule has 0 bridgehead atoms. The standard InChI is InChI=1S/C17H30N2/c1-15(2)10-6-3-4-9-13-19-14-17(18)16-11-7-5-8-12-16/h5,7-8,11-12,15,17,19H,3-4,6,9-10,13-14,18H2,1-2H3. The Hall–Kier alpha value is -0.860. The summed E-state index contributed by atoms with van der Waals surface area (Å²) in [6.45, 7) is 6.55. The smallest absolute Gasteiger partial charge is 0.0421 e. The summed E-state index contributed by atoms with van der Waals surface area (Å²) >= 11 is 0. The zero-order valence-corrected chi connectivity index (χ0v) is 12.6. The van der Waals surface area contributed by atoms with Gasteiger partial charge in [0.1, 0.15) is 0 Å². The molecule has 0 spiro atoms. The van der Waals surface area contributed by atoms with Gasteiger partial charge in [-0.1, -0.05) is 69.9 Å². The van der Waals surface area contributed by atoms with Crippen LogP contribution in [0.15, 0.2) is 30.3 Å². The second kappa shape index (κ2) is 9.99. The lowest BCUT2D eigenvalue weighted by molar-refractivity contribution is 0.507. The molecule has 0 amide bonds. The predicted molar refractivity (Wildman–Crippen MR) is 84.2 cm³/mol. The second-order valence-electron chi connectivity index (χ2n) is 5.82. The highest BCUT2D eigenvalue weighted by molar-refractivity contribution is 5.18. The molecule has 0 saturated heterocycles. The minimum Gasteiger partial charge on any atom is -0.323 e. The number of hydrogen-bond acceptors (Lipinski definition) is 2. The number of nitrogens with two attached hydrogens (primary N) is 1. The molecule has 2 nitrogen and oxygen atoms in total. The highest BCUT2D eigenvalue weighted by Gasteiger charge is 2.03. The van der Waals surface area contributed by atoms with E-state index in [0.717, 1.165) is 19.0 Å². The van der Waals surface area contributed by atoms with Gasteiger partial charge in [0.2, 0.25) is 0 Å². The van der Waals surface area contributed by atoms with Crippen molar-refractivity contribution in [3.63, 3.8) is 0 Å². The minimum absolute atomic E-state index is 0.113. The van der Waals surface area contributed by atoms with E-state index in [1.807, 2.05) is 18.2 Å². The van der Waals surface area contributed by atoms with Gasteiger partial charge in [-0.2, -0.15) is 0 Å². The number of unbranched alkanes of at least 4 members (excludes halogenated alkanes) is 3. The summed E-state index contributed by atoms with van der Waals surface area (Å²) in [5.41, 5.74) is 7.34. The average molecular weight is 262 g/mol. The number of hydrogen-bond donors (Lipinski definition) is 2. The zero-order valence-electron chi connectivity index (χ0n) is 12.6. The highest BCUT2D eigenvalue weighted by atomic mass is 14.9. The zero-order chi connectivity index (χ0) is 13.9. The van der Waals surface area contributed by atoms with Crippen LogP contribution in [0.1, 0.15) is 57.6 Å². The summed E-state index contributed by atoms with van der Waals surface area (Å²) in [5.74, 6) is 0.849. The van der Waals surface area contributed by atoms with Gasteiger partial charge in [-0.3, -0.25) is 0 Å². The van der Waals surface area contributed by atoms with Crippen LogP contribution in [-0.4, -0.2) is 13.1 Å². The molecule has 108 valence electrons. The van der Waals surface area contributed by atoms with Gasteiger partial charge in [-0.15, -0.1) is 0 Å². The van der Waals surface area contributed by atoms with E-state index in [1.165, 1.54) is 37.7 Å². The third kappa shape index (κ3) is 8.02. The molecular formula is C17H30N2. The normalized spacial score (nSPS) is 12.8.